The number of urea groups is 1. The Hall–Kier alpha value is -1.67. The predicted octanol–water partition coefficient (Wildman–Crippen LogP) is 1.09. The van der Waals surface area contributed by atoms with Gasteiger partial charge in [0, 0.05) is 18.1 Å². The fraction of sp³-hybridized carbons (Fsp3) is 0.583. The fourth-order valence-corrected chi connectivity index (χ4v) is 2.80. The van der Waals surface area contributed by atoms with Crippen molar-refractivity contribution in [1.82, 2.24) is 15.2 Å². The van der Waals surface area contributed by atoms with Crippen molar-refractivity contribution >= 4 is 23.3 Å². The second kappa shape index (κ2) is 6.67. The van der Waals surface area contributed by atoms with E-state index in [9.17, 15) is 9.59 Å². The van der Waals surface area contributed by atoms with Gasteiger partial charge >= 0.3 is 12.0 Å². The van der Waals surface area contributed by atoms with E-state index in [1.165, 1.54) is 16.2 Å². The normalized spacial score (nSPS) is 20.4. The second-order valence-electron chi connectivity index (χ2n) is 4.40. The Balaban J connectivity index is 2.04. The van der Waals surface area contributed by atoms with Gasteiger partial charge in [-0.2, -0.15) is 0 Å². The van der Waals surface area contributed by atoms with Crippen molar-refractivity contribution in [2.75, 3.05) is 19.8 Å². The number of aromatic nitrogens is 1. The lowest BCUT2D eigenvalue weighted by molar-refractivity contribution is -0.147. The van der Waals surface area contributed by atoms with E-state index in [1.54, 1.807) is 6.20 Å². The quantitative estimate of drug-likeness (QED) is 0.868. The number of carboxylic acids is 1. The Morgan fingerprint density at radius 2 is 2.50 bits per heavy atom. The zero-order valence-corrected chi connectivity index (χ0v) is 11.9. The van der Waals surface area contributed by atoms with Crippen LogP contribution in [0, 0.1) is 0 Å². The van der Waals surface area contributed by atoms with E-state index in [4.69, 9.17) is 9.84 Å². The van der Waals surface area contributed by atoms with Crippen LogP contribution in [0.25, 0.3) is 0 Å². The molecule has 1 saturated heterocycles. The van der Waals surface area contributed by atoms with Gasteiger partial charge in [0.2, 0.25) is 0 Å². The van der Waals surface area contributed by atoms with E-state index in [0.29, 0.717) is 13.0 Å². The van der Waals surface area contributed by atoms with Crippen molar-refractivity contribution in [3.63, 3.8) is 0 Å². The lowest BCUT2D eigenvalue weighted by Crippen LogP contribution is -2.56. The van der Waals surface area contributed by atoms with Crippen LogP contribution in [0.15, 0.2) is 11.6 Å². The minimum absolute atomic E-state index is 0.0246. The van der Waals surface area contributed by atoms with Crippen LogP contribution in [0.3, 0.4) is 0 Å². The number of hydrogen-bond donors (Lipinski definition) is 2. The minimum atomic E-state index is -1.05. The molecular weight excluding hydrogens is 282 g/mol. The Labute approximate surface area is 120 Å². The topological polar surface area (TPSA) is 91.8 Å². The summed E-state index contributed by atoms with van der Waals surface area (Å²) in [5.74, 6) is -1.05. The molecular formula is C12H17N3O4S. The van der Waals surface area contributed by atoms with E-state index in [2.05, 4.69) is 10.3 Å². The zero-order chi connectivity index (χ0) is 14.5. The number of aliphatic carboxylic acids is 1. The summed E-state index contributed by atoms with van der Waals surface area (Å²) < 4.78 is 5.11. The highest BCUT2D eigenvalue weighted by molar-refractivity contribution is 7.09. The highest BCUT2D eigenvalue weighted by Gasteiger charge is 2.33. The van der Waals surface area contributed by atoms with Gasteiger partial charge in [0.1, 0.15) is 5.01 Å². The van der Waals surface area contributed by atoms with Gasteiger partial charge in [-0.15, -0.1) is 11.3 Å². The van der Waals surface area contributed by atoms with Crippen molar-refractivity contribution in [3.05, 3.63) is 16.6 Å². The number of hydrogen-bond acceptors (Lipinski definition) is 5. The average Bonchev–Trinajstić information content (AvgIpc) is 2.98. The minimum Gasteiger partial charge on any atom is -0.480 e. The molecule has 1 aromatic rings. The number of ether oxygens (including phenoxy) is 1. The summed E-state index contributed by atoms with van der Waals surface area (Å²) in [6.45, 7) is 2.60. The number of carboxylic acid groups (broad SMARTS) is 1. The van der Waals surface area contributed by atoms with Gasteiger partial charge in [-0.25, -0.2) is 14.6 Å². The van der Waals surface area contributed by atoms with Gasteiger partial charge in [-0.3, -0.25) is 0 Å². The van der Waals surface area contributed by atoms with Crippen molar-refractivity contribution in [2.45, 2.75) is 25.4 Å². The molecule has 1 aliphatic heterocycles. The molecule has 1 fully saturated rings. The molecule has 1 aliphatic rings. The summed E-state index contributed by atoms with van der Waals surface area (Å²) in [6, 6.07) is -1.51. The van der Waals surface area contributed by atoms with Crippen LogP contribution >= 0.6 is 11.3 Å². The maximum atomic E-state index is 12.3. The number of carbonyl (C=O) groups is 2. The molecule has 2 rings (SSSR count). The van der Waals surface area contributed by atoms with Crippen molar-refractivity contribution in [2.24, 2.45) is 0 Å². The second-order valence-corrected chi connectivity index (χ2v) is 5.33. The van der Waals surface area contributed by atoms with Crippen molar-refractivity contribution in [3.8, 4) is 0 Å². The number of amides is 2. The Bertz CT molecular complexity index is 465. The van der Waals surface area contributed by atoms with Crippen LogP contribution < -0.4 is 5.32 Å². The van der Waals surface area contributed by atoms with Crippen LogP contribution in [-0.2, 0) is 9.53 Å². The highest BCUT2D eigenvalue weighted by atomic mass is 32.1. The molecule has 0 bridgehead atoms. The van der Waals surface area contributed by atoms with Crippen molar-refractivity contribution < 1.29 is 19.4 Å². The third-order valence-corrected chi connectivity index (χ3v) is 4.02. The molecule has 1 aromatic heterocycles. The van der Waals surface area contributed by atoms with Gasteiger partial charge in [-0.05, 0) is 6.42 Å². The number of rotatable bonds is 4. The van der Waals surface area contributed by atoms with Crippen LogP contribution in [0.4, 0.5) is 4.79 Å². The largest absolute Gasteiger partial charge is 0.480 e. The SMILES string of the molecule is CCC(NC(=O)N1CCOCC1C(=O)O)c1nccs1. The molecule has 20 heavy (non-hydrogen) atoms. The third-order valence-electron chi connectivity index (χ3n) is 3.13. The first-order valence-electron chi connectivity index (χ1n) is 6.40. The van der Waals surface area contributed by atoms with Gasteiger partial charge in [-0.1, -0.05) is 6.92 Å². The van der Waals surface area contributed by atoms with Gasteiger partial charge < -0.3 is 20.1 Å². The fourth-order valence-electron chi connectivity index (χ4n) is 2.03. The number of thiazole rings is 1. The highest BCUT2D eigenvalue weighted by Crippen LogP contribution is 2.19. The molecule has 110 valence electrons. The maximum Gasteiger partial charge on any atom is 0.328 e. The standard InChI is InChI=1S/C12H17N3O4S/c1-2-8(10-13-3-6-20-10)14-12(18)15-4-5-19-7-9(15)11(16)17/h3,6,8-9H,2,4-5,7H2,1H3,(H,14,18)(H,16,17). The van der Waals surface area contributed by atoms with Gasteiger partial charge in [0.05, 0.1) is 19.3 Å². The van der Waals surface area contributed by atoms with Crippen molar-refractivity contribution in [1.29, 1.82) is 0 Å². The maximum absolute atomic E-state index is 12.3. The van der Waals surface area contributed by atoms with Gasteiger partial charge in [0.15, 0.2) is 6.04 Å². The Morgan fingerprint density at radius 1 is 1.70 bits per heavy atom. The van der Waals surface area contributed by atoms with E-state index >= 15 is 0 Å². The molecule has 0 spiro atoms. The number of carbonyl (C=O) groups excluding carboxylic acids is 1. The first kappa shape index (κ1) is 14.7. The van der Waals surface area contributed by atoms with Crippen LogP contribution in [-0.4, -0.2) is 52.8 Å². The van der Waals surface area contributed by atoms with Crippen LogP contribution in [0.1, 0.15) is 24.4 Å². The molecule has 2 amide bonds. The zero-order valence-electron chi connectivity index (χ0n) is 11.1. The van der Waals surface area contributed by atoms with Gasteiger partial charge in [0.25, 0.3) is 0 Å². The summed E-state index contributed by atoms with van der Waals surface area (Å²) in [6.07, 6.45) is 2.38. The average molecular weight is 299 g/mol. The first-order chi connectivity index (χ1) is 9.63. The lowest BCUT2D eigenvalue weighted by Gasteiger charge is -2.33. The summed E-state index contributed by atoms with van der Waals surface area (Å²) in [5, 5.41) is 14.6. The lowest BCUT2D eigenvalue weighted by atomic mass is 10.2. The van der Waals surface area contributed by atoms with E-state index in [0.717, 1.165) is 5.01 Å². The molecule has 0 saturated carbocycles. The molecule has 2 atom stereocenters. The van der Waals surface area contributed by atoms with E-state index in [-0.39, 0.29) is 25.2 Å². The number of nitrogens with zero attached hydrogens (tertiary/aromatic N) is 2. The smallest absolute Gasteiger partial charge is 0.328 e. The summed E-state index contributed by atoms with van der Waals surface area (Å²) in [5.41, 5.74) is 0. The predicted molar refractivity (Wildman–Crippen MR) is 72.6 cm³/mol. The Kier molecular flexibility index (Phi) is 4.91. The molecule has 2 unspecified atom stereocenters. The number of nitrogens with one attached hydrogen (secondary N) is 1. The molecule has 7 nitrogen and oxygen atoms in total. The molecule has 2 heterocycles. The summed E-state index contributed by atoms with van der Waals surface area (Å²) >= 11 is 1.47. The Morgan fingerprint density at radius 3 is 3.10 bits per heavy atom. The molecule has 2 N–H and O–H groups in total. The molecule has 0 radical (unpaired) electrons. The summed E-state index contributed by atoms with van der Waals surface area (Å²) in [7, 11) is 0. The third kappa shape index (κ3) is 3.26. The summed E-state index contributed by atoms with van der Waals surface area (Å²) in [4.78, 5) is 28.9. The van der Waals surface area contributed by atoms with Crippen LogP contribution in [0.5, 0.6) is 0 Å². The molecule has 8 heteroatoms. The van der Waals surface area contributed by atoms with Crippen LogP contribution in [0.2, 0.25) is 0 Å². The molecule has 0 aliphatic carbocycles. The monoisotopic (exact) mass is 299 g/mol. The number of morpholine rings is 1. The molecule has 0 aromatic carbocycles. The van der Waals surface area contributed by atoms with E-state index in [1.807, 2.05) is 12.3 Å². The first-order valence-corrected chi connectivity index (χ1v) is 7.28. The van der Waals surface area contributed by atoms with E-state index < -0.39 is 12.0 Å².